The molecule has 0 atom stereocenters. The molecular weight excluding hydrogens is 252 g/mol. The lowest BCUT2D eigenvalue weighted by molar-refractivity contribution is 0.104. The van der Waals surface area contributed by atoms with Crippen LogP contribution in [0, 0.1) is 0 Å². The standard InChI is InChI=1S/C17H14O3/c1-20-16-9-11(6-7-15(16)18)8-13-10-12-4-2-3-5-14(12)17(13)19/h2-9,18H,10H2,1H3. The third-order valence-corrected chi connectivity index (χ3v) is 3.48. The highest BCUT2D eigenvalue weighted by molar-refractivity contribution is 6.15. The Balaban J connectivity index is 1.97. The number of hydrogen-bond acceptors (Lipinski definition) is 3. The number of phenols is 1. The summed E-state index contributed by atoms with van der Waals surface area (Å²) in [7, 11) is 1.50. The zero-order valence-electron chi connectivity index (χ0n) is 11.1. The second kappa shape index (κ2) is 4.85. The van der Waals surface area contributed by atoms with Crippen LogP contribution in [-0.4, -0.2) is 18.0 Å². The Morgan fingerprint density at radius 2 is 2.00 bits per heavy atom. The molecule has 3 nitrogen and oxygen atoms in total. The molecule has 2 aromatic carbocycles. The first-order valence-corrected chi connectivity index (χ1v) is 6.39. The Kier molecular flexibility index (Phi) is 3.03. The maximum absolute atomic E-state index is 12.3. The van der Waals surface area contributed by atoms with Crippen LogP contribution in [0.5, 0.6) is 11.5 Å². The van der Waals surface area contributed by atoms with Crippen molar-refractivity contribution in [3.8, 4) is 11.5 Å². The summed E-state index contributed by atoms with van der Waals surface area (Å²) < 4.78 is 5.07. The second-order valence-electron chi connectivity index (χ2n) is 4.76. The number of aromatic hydroxyl groups is 1. The van der Waals surface area contributed by atoms with E-state index in [1.165, 1.54) is 7.11 Å². The number of phenolic OH excluding ortho intramolecular Hbond substituents is 1. The number of fused-ring (bicyclic) bond motifs is 1. The molecular formula is C17H14O3. The second-order valence-corrected chi connectivity index (χ2v) is 4.76. The zero-order valence-corrected chi connectivity index (χ0v) is 11.1. The number of carbonyl (C=O) groups excluding carboxylic acids is 1. The van der Waals surface area contributed by atoms with E-state index in [1.807, 2.05) is 30.3 Å². The largest absolute Gasteiger partial charge is 0.504 e. The van der Waals surface area contributed by atoms with Gasteiger partial charge in [0.2, 0.25) is 0 Å². The van der Waals surface area contributed by atoms with Gasteiger partial charge in [-0.15, -0.1) is 0 Å². The summed E-state index contributed by atoms with van der Waals surface area (Å²) in [6.07, 6.45) is 2.50. The van der Waals surface area contributed by atoms with E-state index in [9.17, 15) is 9.90 Å². The number of rotatable bonds is 2. The molecule has 0 aliphatic heterocycles. The third kappa shape index (κ3) is 2.07. The fourth-order valence-corrected chi connectivity index (χ4v) is 2.46. The maximum Gasteiger partial charge on any atom is 0.189 e. The van der Waals surface area contributed by atoms with Crippen LogP contribution in [0.1, 0.15) is 21.5 Å². The number of carbonyl (C=O) groups is 1. The normalized spacial score (nSPS) is 15.4. The van der Waals surface area contributed by atoms with Gasteiger partial charge in [-0.1, -0.05) is 30.3 Å². The number of benzene rings is 2. The molecule has 0 spiro atoms. The van der Waals surface area contributed by atoms with Crippen LogP contribution < -0.4 is 4.74 Å². The minimum atomic E-state index is 0.0765. The fourth-order valence-electron chi connectivity index (χ4n) is 2.46. The van der Waals surface area contributed by atoms with Gasteiger partial charge in [-0.25, -0.2) is 0 Å². The van der Waals surface area contributed by atoms with Gasteiger partial charge in [0, 0.05) is 17.6 Å². The Labute approximate surface area is 117 Å². The van der Waals surface area contributed by atoms with Gasteiger partial charge < -0.3 is 9.84 Å². The van der Waals surface area contributed by atoms with Crippen molar-refractivity contribution < 1.29 is 14.6 Å². The molecule has 0 saturated heterocycles. The highest BCUT2D eigenvalue weighted by atomic mass is 16.5. The van der Waals surface area contributed by atoms with Crippen molar-refractivity contribution in [2.75, 3.05) is 7.11 Å². The van der Waals surface area contributed by atoms with Gasteiger partial charge in [-0.2, -0.15) is 0 Å². The molecule has 3 heteroatoms. The van der Waals surface area contributed by atoms with Gasteiger partial charge in [-0.05, 0) is 29.3 Å². The van der Waals surface area contributed by atoms with Crippen LogP contribution in [-0.2, 0) is 6.42 Å². The van der Waals surface area contributed by atoms with Crippen LogP contribution in [0.15, 0.2) is 48.0 Å². The molecule has 0 saturated carbocycles. The molecule has 1 aliphatic carbocycles. The molecule has 0 amide bonds. The number of ether oxygens (including phenoxy) is 1. The summed E-state index contributed by atoms with van der Waals surface area (Å²) >= 11 is 0. The number of allylic oxidation sites excluding steroid dienone is 1. The monoisotopic (exact) mass is 266 g/mol. The molecule has 0 unspecified atom stereocenters. The molecule has 0 bridgehead atoms. The molecule has 20 heavy (non-hydrogen) atoms. The minimum Gasteiger partial charge on any atom is -0.504 e. The van der Waals surface area contributed by atoms with E-state index in [-0.39, 0.29) is 11.5 Å². The highest BCUT2D eigenvalue weighted by Crippen LogP contribution is 2.30. The predicted octanol–water partition coefficient (Wildman–Crippen LogP) is 3.22. The van der Waals surface area contributed by atoms with E-state index in [0.29, 0.717) is 12.2 Å². The Morgan fingerprint density at radius 1 is 1.20 bits per heavy atom. The van der Waals surface area contributed by atoms with E-state index in [4.69, 9.17) is 4.74 Å². The molecule has 2 aromatic rings. The number of hydrogen-bond donors (Lipinski definition) is 1. The van der Waals surface area contributed by atoms with E-state index in [2.05, 4.69) is 0 Å². The van der Waals surface area contributed by atoms with Crippen molar-refractivity contribution in [2.24, 2.45) is 0 Å². The summed E-state index contributed by atoms with van der Waals surface area (Å²) in [5.74, 6) is 0.575. The fraction of sp³-hybridized carbons (Fsp3) is 0.118. The van der Waals surface area contributed by atoms with E-state index in [1.54, 1.807) is 18.2 Å². The van der Waals surface area contributed by atoms with Gasteiger partial charge in [0.05, 0.1) is 7.11 Å². The third-order valence-electron chi connectivity index (χ3n) is 3.48. The van der Waals surface area contributed by atoms with Gasteiger partial charge >= 0.3 is 0 Å². The lowest BCUT2D eigenvalue weighted by atomic mass is 10.1. The van der Waals surface area contributed by atoms with E-state index in [0.717, 1.165) is 22.3 Å². The summed E-state index contributed by atoms with van der Waals surface area (Å²) in [6, 6.07) is 12.7. The van der Waals surface area contributed by atoms with Crippen molar-refractivity contribution in [3.63, 3.8) is 0 Å². The average Bonchev–Trinajstić information content (AvgIpc) is 2.78. The quantitative estimate of drug-likeness (QED) is 0.849. The van der Waals surface area contributed by atoms with Crippen molar-refractivity contribution >= 4 is 11.9 Å². The molecule has 3 rings (SSSR count). The van der Waals surface area contributed by atoms with Crippen LogP contribution in [0.4, 0.5) is 0 Å². The summed E-state index contributed by atoms with van der Waals surface area (Å²) in [5, 5.41) is 9.58. The molecule has 0 radical (unpaired) electrons. The number of methoxy groups -OCH3 is 1. The van der Waals surface area contributed by atoms with Crippen molar-refractivity contribution in [2.45, 2.75) is 6.42 Å². The van der Waals surface area contributed by atoms with Gasteiger partial charge in [-0.3, -0.25) is 4.79 Å². The van der Waals surface area contributed by atoms with E-state index < -0.39 is 0 Å². The smallest absolute Gasteiger partial charge is 0.189 e. The first kappa shape index (κ1) is 12.5. The van der Waals surface area contributed by atoms with Crippen LogP contribution in [0.3, 0.4) is 0 Å². The number of Topliss-reactive ketones (excluding diaryl/α,β-unsaturated/α-hetero) is 1. The SMILES string of the molecule is COc1cc(C=C2Cc3ccccc3C2=O)ccc1O. The topological polar surface area (TPSA) is 46.5 Å². The van der Waals surface area contributed by atoms with Gasteiger partial charge in [0.1, 0.15) is 0 Å². The zero-order chi connectivity index (χ0) is 14.1. The van der Waals surface area contributed by atoms with Crippen LogP contribution in [0.25, 0.3) is 6.08 Å². The first-order valence-electron chi connectivity index (χ1n) is 6.39. The summed E-state index contributed by atoms with van der Waals surface area (Å²) in [6.45, 7) is 0. The predicted molar refractivity (Wildman–Crippen MR) is 77.1 cm³/mol. The molecule has 0 heterocycles. The summed E-state index contributed by atoms with van der Waals surface area (Å²) in [4.78, 5) is 12.3. The molecule has 0 fully saturated rings. The van der Waals surface area contributed by atoms with Gasteiger partial charge in [0.25, 0.3) is 0 Å². The summed E-state index contributed by atoms with van der Waals surface area (Å²) in [5.41, 5.74) is 3.45. The highest BCUT2D eigenvalue weighted by Gasteiger charge is 2.23. The Bertz CT molecular complexity index is 714. The lowest BCUT2D eigenvalue weighted by Crippen LogP contribution is -1.95. The minimum absolute atomic E-state index is 0.0765. The molecule has 1 N–H and O–H groups in total. The van der Waals surface area contributed by atoms with Crippen molar-refractivity contribution in [1.29, 1.82) is 0 Å². The lowest BCUT2D eigenvalue weighted by Gasteiger charge is -2.04. The van der Waals surface area contributed by atoms with Crippen molar-refractivity contribution in [1.82, 2.24) is 0 Å². The molecule has 0 aromatic heterocycles. The maximum atomic E-state index is 12.3. The first-order chi connectivity index (χ1) is 9.69. The average molecular weight is 266 g/mol. The van der Waals surface area contributed by atoms with E-state index >= 15 is 0 Å². The Hall–Kier alpha value is -2.55. The molecule has 1 aliphatic rings. The van der Waals surface area contributed by atoms with Gasteiger partial charge in [0.15, 0.2) is 17.3 Å². The molecule has 100 valence electrons. The van der Waals surface area contributed by atoms with Crippen molar-refractivity contribution in [3.05, 3.63) is 64.7 Å². The van der Waals surface area contributed by atoms with Crippen LogP contribution in [0.2, 0.25) is 0 Å². The Morgan fingerprint density at radius 3 is 2.75 bits per heavy atom. The van der Waals surface area contributed by atoms with Crippen LogP contribution >= 0.6 is 0 Å². The number of ketones is 1.